The van der Waals surface area contributed by atoms with Crippen LogP contribution in [0.1, 0.15) is 11.3 Å². The van der Waals surface area contributed by atoms with E-state index in [-0.39, 0.29) is 12.3 Å². The summed E-state index contributed by atoms with van der Waals surface area (Å²) in [4.78, 5) is 25.5. The standard InChI is InChI=1S/C24H20N4O/c1-17-13-20(11-12-25-17)23-9-7-18(15-26-23)14-24(29)28-21-8-10-22(27-16-21)19-5-3-2-4-6-19/h2-13,15-16H,14H2,1H3,(H,28,29). The van der Waals surface area contributed by atoms with Gasteiger partial charge in [-0.05, 0) is 42.8 Å². The highest BCUT2D eigenvalue weighted by molar-refractivity contribution is 5.92. The summed E-state index contributed by atoms with van der Waals surface area (Å²) in [6, 6.07) is 21.4. The first-order chi connectivity index (χ1) is 14.2. The van der Waals surface area contributed by atoms with Gasteiger partial charge in [-0.2, -0.15) is 0 Å². The van der Waals surface area contributed by atoms with Crippen LogP contribution in [0.5, 0.6) is 0 Å². The van der Waals surface area contributed by atoms with Crippen molar-refractivity contribution in [3.63, 3.8) is 0 Å². The van der Waals surface area contributed by atoms with Gasteiger partial charge in [-0.15, -0.1) is 0 Å². The van der Waals surface area contributed by atoms with Crippen LogP contribution in [-0.4, -0.2) is 20.9 Å². The zero-order chi connectivity index (χ0) is 20.1. The Bertz CT molecular complexity index is 1110. The molecule has 0 unspecified atom stereocenters. The van der Waals surface area contributed by atoms with E-state index in [0.29, 0.717) is 5.69 Å². The monoisotopic (exact) mass is 380 g/mol. The molecule has 0 fully saturated rings. The number of aryl methyl sites for hydroxylation is 1. The van der Waals surface area contributed by atoms with Gasteiger partial charge in [0.25, 0.3) is 0 Å². The molecule has 0 radical (unpaired) electrons. The molecule has 0 atom stereocenters. The summed E-state index contributed by atoms with van der Waals surface area (Å²) in [6.07, 6.45) is 5.43. The molecule has 0 aliphatic heterocycles. The predicted octanol–water partition coefficient (Wildman–Crippen LogP) is 4.70. The van der Waals surface area contributed by atoms with E-state index in [1.807, 2.05) is 73.7 Å². The molecule has 0 aliphatic carbocycles. The largest absolute Gasteiger partial charge is 0.324 e. The highest BCUT2D eigenvalue weighted by Crippen LogP contribution is 2.19. The minimum absolute atomic E-state index is 0.103. The minimum atomic E-state index is -0.103. The molecule has 4 aromatic rings. The number of hydrogen-bond donors (Lipinski definition) is 1. The van der Waals surface area contributed by atoms with Gasteiger partial charge in [-0.25, -0.2) is 0 Å². The van der Waals surface area contributed by atoms with E-state index in [9.17, 15) is 4.79 Å². The van der Waals surface area contributed by atoms with Gasteiger partial charge >= 0.3 is 0 Å². The lowest BCUT2D eigenvalue weighted by atomic mass is 10.1. The van der Waals surface area contributed by atoms with Crippen molar-refractivity contribution >= 4 is 11.6 Å². The van der Waals surface area contributed by atoms with Crippen molar-refractivity contribution in [3.05, 3.63) is 96.6 Å². The zero-order valence-corrected chi connectivity index (χ0v) is 16.0. The molecule has 29 heavy (non-hydrogen) atoms. The van der Waals surface area contributed by atoms with Gasteiger partial charge in [-0.3, -0.25) is 19.7 Å². The maximum atomic E-state index is 12.4. The van der Waals surface area contributed by atoms with E-state index < -0.39 is 0 Å². The fourth-order valence-corrected chi connectivity index (χ4v) is 3.04. The second kappa shape index (κ2) is 8.44. The molecule has 0 bridgehead atoms. The highest BCUT2D eigenvalue weighted by Gasteiger charge is 2.07. The second-order valence-electron chi connectivity index (χ2n) is 6.76. The number of rotatable bonds is 5. The van der Waals surface area contributed by atoms with Gasteiger partial charge < -0.3 is 5.32 Å². The van der Waals surface area contributed by atoms with E-state index in [1.165, 1.54) is 0 Å². The second-order valence-corrected chi connectivity index (χ2v) is 6.76. The number of pyridine rings is 3. The molecule has 0 spiro atoms. The molecule has 0 aliphatic rings. The molecule has 1 aromatic carbocycles. The third-order valence-electron chi connectivity index (χ3n) is 4.50. The van der Waals surface area contributed by atoms with Crippen LogP contribution in [0.3, 0.4) is 0 Å². The molecular weight excluding hydrogens is 360 g/mol. The van der Waals surface area contributed by atoms with Crippen LogP contribution < -0.4 is 5.32 Å². The number of carbonyl (C=O) groups excluding carboxylic acids is 1. The van der Waals surface area contributed by atoms with Crippen LogP contribution >= 0.6 is 0 Å². The van der Waals surface area contributed by atoms with E-state index >= 15 is 0 Å². The molecule has 142 valence electrons. The first-order valence-electron chi connectivity index (χ1n) is 9.37. The van der Waals surface area contributed by atoms with Crippen LogP contribution in [0.2, 0.25) is 0 Å². The molecule has 5 heteroatoms. The molecule has 4 rings (SSSR count). The number of amides is 1. The Kier molecular flexibility index (Phi) is 5.38. The van der Waals surface area contributed by atoms with Crippen LogP contribution in [0.25, 0.3) is 22.5 Å². The quantitative estimate of drug-likeness (QED) is 0.545. The fraction of sp³-hybridized carbons (Fsp3) is 0.0833. The number of nitrogens with zero attached hydrogens (tertiary/aromatic N) is 3. The number of anilines is 1. The molecule has 0 saturated carbocycles. The Morgan fingerprint density at radius 3 is 2.28 bits per heavy atom. The van der Waals surface area contributed by atoms with Crippen LogP contribution in [-0.2, 0) is 11.2 Å². The van der Waals surface area contributed by atoms with Gasteiger partial charge in [0, 0.05) is 29.2 Å². The van der Waals surface area contributed by atoms with Crippen molar-refractivity contribution in [3.8, 4) is 22.5 Å². The first kappa shape index (κ1) is 18.5. The topological polar surface area (TPSA) is 67.8 Å². The SMILES string of the molecule is Cc1cc(-c2ccc(CC(=O)Nc3ccc(-c4ccccc4)nc3)cn2)ccn1. The maximum absolute atomic E-state index is 12.4. The lowest BCUT2D eigenvalue weighted by molar-refractivity contribution is -0.115. The fourth-order valence-electron chi connectivity index (χ4n) is 3.04. The van der Waals surface area contributed by atoms with Crippen LogP contribution in [0, 0.1) is 6.92 Å². The Balaban J connectivity index is 1.38. The van der Waals surface area contributed by atoms with E-state index in [2.05, 4.69) is 20.3 Å². The van der Waals surface area contributed by atoms with Crippen molar-refractivity contribution in [2.75, 3.05) is 5.32 Å². The number of aromatic nitrogens is 3. The van der Waals surface area contributed by atoms with Crippen molar-refractivity contribution in [1.29, 1.82) is 0 Å². The Hall–Kier alpha value is -3.86. The predicted molar refractivity (Wildman–Crippen MR) is 114 cm³/mol. The highest BCUT2D eigenvalue weighted by atomic mass is 16.1. The molecule has 5 nitrogen and oxygen atoms in total. The number of nitrogens with one attached hydrogen (secondary N) is 1. The number of carbonyl (C=O) groups is 1. The molecule has 3 heterocycles. The van der Waals surface area contributed by atoms with Crippen molar-refractivity contribution in [2.24, 2.45) is 0 Å². The van der Waals surface area contributed by atoms with Crippen LogP contribution in [0.15, 0.2) is 85.3 Å². The van der Waals surface area contributed by atoms with Gasteiger partial charge in [0.15, 0.2) is 0 Å². The summed E-state index contributed by atoms with van der Waals surface area (Å²) in [6.45, 7) is 1.95. The smallest absolute Gasteiger partial charge is 0.228 e. The Labute approximate surface area is 169 Å². The van der Waals surface area contributed by atoms with E-state index in [4.69, 9.17) is 0 Å². The summed E-state index contributed by atoms with van der Waals surface area (Å²) in [5.41, 5.74) is 6.26. The maximum Gasteiger partial charge on any atom is 0.228 e. The van der Waals surface area contributed by atoms with E-state index in [0.717, 1.165) is 33.8 Å². The third kappa shape index (κ3) is 4.71. The summed E-state index contributed by atoms with van der Waals surface area (Å²) >= 11 is 0. The minimum Gasteiger partial charge on any atom is -0.324 e. The lowest BCUT2D eigenvalue weighted by Gasteiger charge is -2.07. The van der Waals surface area contributed by atoms with Gasteiger partial charge in [0.05, 0.1) is 29.7 Å². The average molecular weight is 380 g/mol. The van der Waals surface area contributed by atoms with Crippen molar-refractivity contribution in [1.82, 2.24) is 15.0 Å². The van der Waals surface area contributed by atoms with Crippen molar-refractivity contribution in [2.45, 2.75) is 13.3 Å². The molecule has 1 amide bonds. The number of hydrogen-bond acceptors (Lipinski definition) is 4. The third-order valence-corrected chi connectivity index (χ3v) is 4.50. The summed E-state index contributed by atoms with van der Waals surface area (Å²) < 4.78 is 0. The first-order valence-corrected chi connectivity index (χ1v) is 9.37. The molecule has 3 aromatic heterocycles. The normalized spacial score (nSPS) is 10.5. The van der Waals surface area contributed by atoms with Gasteiger partial charge in [0.1, 0.15) is 0 Å². The molecular formula is C24H20N4O. The number of benzene rings is 1. The lowest BCUT2D eigenvalue weighted by Crippen LogP contribution is -2.14. The summed E-state index contributed by atoms with van der Waals surface area (Å²) in [7, 11) is 0. The van der Waals surface area contributed by atoms with E-state index in [1.54, 1.807) is 18.6 Å². The zero-order valence-electron chi connectivity index (χ0n) is 16.0. The molecule has 1 N–H and O–H groups in total. The average Bonchev–Trinajstić information content (AvgIpc) is 2.75. The summed E-state index contributed by atoms with van der Waals surface area (Å²) in [5, 5.41) is 2.89. The van der Waals surface area contributed by atoms with Gasteiger partial charge in [-0.1, -0.05) is 36.4 Å². The van der Waals surface area contributed by atoms with Crippen molar-refractivity contribution < 1.29 is 4.79 Å². The Morgan fingerprint density at radius 1 is 0.828 bits per heavy atom. The van der Waals surface area contributed by atoms with Gasteiger partial charge in [0.2, 0.25) is 5.91 Å². The molecule has 0 saturated heterocycles. The van der Waals surface area contributed by atoms with Crippen LogP contribution in [0.4, 0.5) is 5.69 Å². The Morgan fingerprint density at radius 2 is 1.59 bits per heavy atom. The summed E-state index contributed by atoms with van der Waals surface area (Å²) in [5.74, 6) is -0.103.